The molecule has 1 aromatic carbocycles. The first kappa shape index (κ1) is 10.6. The molecule has 2 unspecified atom stereocenters. The Morgan fingerprint density at radius 2 is 2.20 bits per heavy atom. The maximum absolute atomic E-state index is 13.1. The van der Waals surface area contributed by atoms with E-state index in [0.717, 1.165) is 12.0 Å². The van der Waals surface area contributed by atoms with E-state index in [-0.39, 0.29) is 5.82 Å². The SMILES string of the molecule is CCc1cc(F)ccc1C1CCC(C)N1. The standard InChI is InChI=1S/C13H18FN/c1-3-10-8-11(14)5-6-12(10)13-7-4-9(2)15-13/h5-6,8-9,13,15H,3-4,7H2,1-2H3. The Morgan fingerprint density at radius 3 is 2.80 bits per heavy atom. The molecule has 0 aliphatic carbocycles. The normalized spacial score (nSPS) is 25.8. The number of hydrogen-bond donors (Lipinski definition) is 1. The van der Waals surface area contributed by atoms with E-state index < -0.39 is 0 Å². The van der Waals surface area contributed by atoms with E-state index in [2.05, 4.69) is 19.2 Å². The lowest BCUT2D eigenvalue weighted by atomic mass is 9.97. The molecule has 1 heterocycles. The lowest BCUT2D eigenvalue weighted by molar-refractivity contribution is 0.576. The van der Waals surface area contributed by atoms with Crippen LogP contribution in [0.1, 0.15) is 43.9 Å². The Balaban J connectivity index is 2.27. The van der Waals surface area contributed by atoms with Crippen LogP contribution in [0.15, 0.2) is 18.2 Å². The number of hydrogen-bond acceptors (Lipinski definition) is 1. The van der Waals surface area contributed by atoms with Gasteiger partial charge in [0.05, 0.1) is 0 Å². The minimum absolute atomic E-state index is 0.123. The second-order valence-corrected chi connectivity index (χ2v) is 4.39. The van der Waals surface area contributed by atoms with E-state index in [1.165, 1.54) is 18.4 Å². The highest BCUT2D eigenvalue weighted by Gasteiger charge is 2.23. The Kier molecular flexibility index (Phi) is 3.06. The topological polar surface area (TPSA) is 12.0 Å². The lowest BCUT2D eigenvalue weighted by Gasteiger charge is -2.16. The van der Waals surface area contributed by atoms with Crippen LogP contribution in [0.5, 0.6) is 0 Å². The number of rotatable bonds is 2. The highest BCUT2D eigenvalue weighted by molar-refractivity contribution is 5.31. The van der Waals surface area contributed by atoms with Gasteiger partial charge in [-0.25, -0.2) is 4.39 Å². The fourth-order valence-corrected chi connectivity index (χ4v) is 2.39. The Bertz CT molecular complexity index is 348. The van der Waals surface area contributed by atoms with Gasteiger partial charge in [-0.05, 0) is 49.4 Å². The second-order valence-electron chi connectivity index (χ2n) is 4.39. The third-order valence-corrected chi connectivity index (χ3v) is 3.24. The maximum atomic E-state index is 13.1. The van der Waals surface area contributed by atoms with Gasteiger partial charge in [-0.15, -0.1) is 0 Å². The third kappa shape index (κ3) is 2.20. The number of halogens is 1. The van der Waals surface area contributed by atoms with Gasteiger partial charge in [0.15, 0.2) is 0 Å². The van der Waals surface area contributed by atoms with Gasteiger partial charge in [-0.1, -0.05) is 13.0 Å². The number of aryl methyl sites for hydroxylation is 1. The average molecular weight is 207 g/mol. The molecule has 0 aromatic heterocycles. The van der Waals surface area contributed by atoms with E-state index in [1.807, 2.05) is 6.07 Å². The van der Waals surface area contributed by atoms with Crippen LogP contribution in [0.4, 0.5) is 4.39 Å². The van der Waals surface area contributed by atoms with Crippen molar-refractivity contribution in [2.45, 2.75) is 45.2 Å². The molecule has 0 saturated carbocycles. The van der Waals surface area contributed by atoms with Gasteiger partial charge < -0.3 is 5.32 Å². The molecule has 0 spiro atoms. The summed E-state index contributed by atoms with van der Waals surface area (Å²) in [6.45, 7) is 4.28. The summed E-state index contributed by atoms with van der Waals surface area (Å²) in [4.78, 5) is 0. The van der Waals surface area contributed by atoms with Gasteiger partial charge in [0.2, 0.25) is 0 Å². The van der Waals surface area contributed by atoms with E-state index in [0.29, 0.717) is 12.1 Å². The molecule has 2 heteroatoms. The van der Waals surface area contributed by atoms with Crippen molar-refractivity contribution in [3.8, 4) is 0 Å². The summed E-state index contributed by atoms with van der Waals surface area (Å²) in [5.41, 5.74) is 2.42. The molecular weight excluding hydrogens is 189 g/mol. The summed E-state index contributed by atoms with van der Waals surface area (Å²) in [6, 6.07) is 6.18. The van der Waals surface area contributed by atoms with Gasteiger partial charge >= 0.3 is 0 Å². The highest BCUT2D eigenvalue weighted by Crippen LogP contribution is 2.29. The van der Waals surface area contributed by atoms with Crippen LogP contribution in [-0.2, 0) is 6.42 Å². The monoisotopic (exact) mass is 207 g/mol. The number of benzene rings is 1. The zero-order valence-electron chi connectivity index (χ0n) is 9.39. The van der Waals surface area contributed by atoms with E-state index in [1.54, 1.807) is 12.1 Å². The van der Waals surface area contributed by atoms with Gasteiger partial charge in [-0.2, -0.15) is 0 Å². The fraction of sp³-hybridized carbons (Fsp3) is 0.538. The highest BCUT2D eigenvalue weighted by atomic mass is 19.1. The predicted octanol–water partition coefficient (Wildman–Crippen LogP) is 3.20. The van der Waals surface area contributed by atoms with Crippen molar-refractivity contribution in [1.29, 1.82) is 0 Å². The van der Waals surface area contributed by atoms with Gasteiger partial charge in [0.25, 0.3) is 0 Å². The minimum atomic E-state index is -0.123. The quantitative estimate of drug-likeness (QED) is 0.785. The van der Waals surface area contributed by atoms with Gasteiger partial charge in [0, 0.05) is 12.1 Å². The van der Waals surface area contributed by atoms with Crippen LogP contribution in [-0.4, -0.2) is 6.04 Å². The molecule has 1 fully saturated rings. The zero-order chi connectivity index (χ0) is 10.8. The van der Waals surface area contributed by atoms with Crippen LogP contribution in [0.3, 0.4) is 0 Å². The molecule has 1 aliphatic rings. The summed E-state index contributed by atoms with van der Waals surface area (Å²) >= 11 is 0. The molecule has 2 atom stereocenters. The van der Waals surface area contributed by atoms with Crippen molar-refractivity contribution in [2.24, 2.45) is 0 Å². The molecule has 1 saturated heterocycles. The fourth-order valence-electron chi connectivity index (χ4n) is 2.39. The van der Waals surface area contributed by atoms with Crippen LogP contribution in [0.2, 0.25) is 0 Å². The molecular formula is C13H18FN. The van der Waals surface area contributed by atoms with Crippen molar-refractivity contribution in [1.82, 2.24) is 5.32 Å². The van der Waals surface area contributed by atoms with Crippen LogP contribution < -0.4 is 5.32 Å². The summed E-state index contributed by atoms with van der Waals surface area (Å²) in [7, 11) is 0. The summed E-state index contributed by atoms with van der Waals surface area (Å²) in [5.74, 6) is -0.123. The zero-order valence-corrected chi connectivity index (χ0v) is 9.39. The maximum Gasteiger partial charge on any atom is 0.123 e. The molecule has 1 aromatic rings. The molecule has 82 valence electrons. The molecule has 0 radical (unpaired) electrons. The van der Waals surface area contributed by atoms with E-state index in [4.69, 9.17) is 0 Å². The first-order valence-electron chi connectivity index (χ1n) is 5.75. The Labute approximate surface area is 90.7 Å². The van der Waals surface area contributed by atoms with Crippen molar-refractivity contribution in [3.05, 3.63) is 35.1 Å². The van der Waals surface area contributed by atoms with Crippen molar-refractivity contribution < 1.29 is 4.39 Å². The molecule has 15 heavy (non-hydrogen) atoms. The molecule has 0 amide bonds. The minimum Gasteiger partial charge on any atom is -0.307 e. The van der Waals surface area contributed by atoms with Crippen LogP contribution in [0, 0.1) is 5.82 Å². The van der Waals surface area contributed by atoms with E-state index in [9.17, 15) is 4.39 Å². The molecule has 1 aliphatic heterocycles. The third-order valence-electron chi connectivity index (χ3n) is 3.24. The predicted molar refractivity (Wildman–Crippen MR) is 60.4 cm³/mol. The second kappa shape index (κ2) is 4.31. The van der Waals surface area contributed by atoms with Gasteiger partial charge in [-0.3, -0.25) is 0 Å². The molecule has 0 bridgehead atoms. The first-order valence-corrected chi connectivity index (χ1v) is 5.75. The van der Waals surface area contributed by atoms with Crippen LogP contribution in [0.25, 0.3) is 0 Å². The van der Waals surface area contributed by atoms with E-state index >= 15 is 0 Å². The Hall–Kier alpha value is -0.890. The van der Waals surface area contributed by atoms with Crippen LogP contribution >= 0.6 is 0 Å². The number of nitrogens with one attached hydrogen (secondary N) is 1. The van der Waals surface area contributed by atoms with Crippen molar-refractivity contribution in [2.75, 3.05) is 0 Å². The van der Waals surface area contributed by atoms with Crippen molar-refractivity contribution in [3.63, 3.8) is 0 Å². The molecule has 1 N–H and O–H groups in total. The van der Waals surface area contributed by atoms with Crippen molar-refractivity contribution >= 4 is 0 Å². The molecule has 1 nitrogen and oxygen atoms in total. The smallest absolute Gasteiger partial charge is 0.123 e. The largest absolute Gasteiger partial charge is 0.307 e. The summed E-state index contributed by atoms with van der Waals surface area (Å²) in [5, 5.41) is 3.54. The first-order chi connectivity index (χ1) is 7.20. The summed E-state index contributed by atoms with van der Waals surface area (Å²) < 4.78 is 13.1. The summed E-state index contributed by atoms with van der Waals surface area (Å²) in [6.07, 6.45) is 3.28. The lowest BCUT2D eigenvalue weighted by Crippen LogP contribution is -2.21. The molecule has 2 rings (SSSR count). The van der Waals surface area contributed by atoms with Gasteiger partial charge in [0.1, 0.15) is 5.82 Å². The Morgan fingerprint density at radius 1 is 1.40 bits per heavy atom. The average Bonchev–Trinajstić information content (AvgIpc) is 2.64.